The fourth-order valence-corrected chi connectivity index (χ4v) is 7.61. The van der Waals surface area contributed by atoms with E-state index in [2.05, 4.69) is 75.1 Å². The number of anilines is 2. The number of carboxylic acid groups (broad SMARTS) is 1. The summed E-state index contributed by atoms with van der Waals surface area (Å²) in [6.45, 7) is -0.0218. The molecule has 34 heteroatoms. The van der Waals surface area contributed by atoms with Crippen LogP contribution in [-0.2, 0) is 40.1 Å². The number of thiol groups is 1. The maximum Gasteiger partial charge on any atom is 0.303 e. The zero-order valence-corrected chi connectivity index (χ0v) is 46.1. The minimum atomic E-state index is -2.04. The van der Waals surface area contributed by atoms with Crippen LogP contribution in [0.15, 0.2) is 35.3 Å². The second-order valence-corrected chi connectivity index (χ2v) is 19.7. The van der Waals surface area contributed by atoms with Crippen molar-refractivity contribution in [2.75, 3.05) is 43.1 Å². The molecule has 83 heavy (non-hydrogen) atoms. The average Bonchev–Trinajstić information content (AvgIpc) is 3.67. The van der Waals surface area contributed by atoms with Crippen LogP contribution in [0.2, 0.25) is 0 Å². The maximum absolute atomic E-state index is 14.1. The van der Waals surface area contributed by atoms with E-state index in [4.69, 9.17) is 15.9 Å². The van der Waals surface area contributed by atoms with Gasteiger partial charge >= 0.3 is 5.97 Å². The summed E-state index contributed by atoms with van der Waals surface area (Å²) in [5.41, 5.74) is 6.28. The predicted octanol–water partition coefficient (Wildman–Crippen LogP) is -7.78. The van der Waals surface area contributed by atoms with Gasteiger partial charge in [0.2, 0.25) is 41.4 Å². The fourth-order valence-electron chi connectivity index (χ4n) is 7.52. The van der Waals surface area contributed by atoms with Gasteiger partial charge in [-0.2, -0.15) is 17.6 Å². The number of hydrogen-bond donors (Lipinski definition) is 22. The monoisotopic (exact) mass is 1200 g/mol. The highest BCUT2D eigenvalue weighted by Crippen LogP contribution is 2.14. The van der Waals surface area contributed by atoms with Crippen LogP contribution in [0.4, 0.5) is 11.6 Å². The van der Waals surface area contributed by atoms with Crippen molar-refractivity contribution >= 4 is 82.7 Å². The number of aliphatic hydroxyl groups is 10. The first-order chi connectivity index (χ1) is 39.2. The molecule has 0 fully saturated rings. The number of nitrogens with zero attached hydrogens (tertiary/aromatic N) is 3. The van der Waals surface area contributed by atoms with Crippen molar-refractivity contribution in [3.8, 4) is 0 Å². The van der Waals surface area contributed by atoms with E-state index in [1.165, 1.54) is 18.3 Å². The number of carbonyl (C=O) groups excluding carboxylic acids is 7. The van der Waals surface area contributed by atoms with Crippen molar-refractivity contribution in [1.82, 2.24) is 57.2 Å². The molecule has 22 N–H and O–H groups in total. The summed E-state index contributed by atoms with van der Waals surface area (Å²) in [5.74, 6) is -7.63. The van der Waals surface area contributed by atoms with Crippen LogP contribution >= 0.6 is 12.6 Å². The zero-order valence-electron chi connectivity index (χ0n) is 45.3. The summed E-state index contributed by atoms with van der Waals surface area (Å²) < 4.78 is 0. The van der Waals surface area contributed by atoms with Crippen LogP contribution in [0.25, 0.3) is 11.2 Å². The van der Waals surface area contributed by atoms with Crippen molar-refractivity contribution in [3.05, 3.63) is 52.1 Å². The Morgan fingerprint density at radius 1 is 0.602 bits per heavy atom. The van der Waals surface area contributed by atoms with Crippen molar-refractivity contribution in [2.45, 2.75) is 151 Å². The van der Waals surface area contributed by atoms with E-state index in [0.717, 1.165) is 0 Å². The molecule has 0 saturated heterocycles. The van der Waals surface area contributed by atoms with Crippen molar-refractivity contribution in [1.29, 1.82) is 0 Å². The number of aliphatic carboxylic acids is 1. The SMILES string of the molecule is C[C@H](CCC(=O)N[C@@H](CCC(=O)NC[C@H](O)[C@@H](O)[C@H](O)[C@H](O)CO)C(=O)N[C@@H](CCC(=O)O)C(=O)N[C@@H](CCC(=O)NC[C@H](O)[C@@H](O)[C@H](O)[C@H](O)CO)C(=O)N[C@H](C)CS)NC(=O)c1ccc(NCc2cnc3nc(N)[nH]c(=O)c3n2)cc1. The number of carboxylic acids is 1. The highest BCUT2D eigenvalue weighted by molar-refractivity contribution is 7.80. The number of aromatic nitrogens is 4. The van der Waals surface area contributed by atoms with E-state index in [0.29, 0.717) is 11.4 Å². The molecule has 0 aliphatic heterocycles. The average molecular weight is 1200 g/mol. The summed E-state index contributed by atoms with van der Waals surface area (Å²) in [6.07, 6.45) is -17.9. The van der Waals surface area contributed by atoms with E-state index < -0.39 is 197 Å². The van der Waals surface area contributed by atoms with Gasteiger partial charge in [0.25, 0.3) is 11.5 Å². The molecule has 13 atom stereocenters. The summed E-state index contributed by atoms with van der Waals surface area (Å²) >= 11 is 4.13. The number of amides is 7. The minimum Gasteiger partial charge on any atom is -0.481 e. The molecule has 0 aliphatic rings. The number of nitrogens with two attached hydrogens (primary N) is 1. The second kappa shape index (κ2) is 35.0. The van der Waals surface area contributed by atoms with E-state index in [1.54, 1.807) is 26.0 Å². The first-order valence-corrected chi connectivity index (χ1v) is 26.7. The van der Waals surface area contributed by atoms with E-state index in [-0.39, 0.29) is 47.8 Å². The third-order valence-corrected chi connectivity index (χ3v) is 13.1. The van der Waals surface area contributed by atoms with Gasteiger partial charge in [0.15, 0.2) is 11.2 Å². The van der Waals surface area contributed by atoms with Crippen LogP contribution in [0.5, 0.6) is 0 Å². The molecule has 2 aromatic heterocycles. The largest absolute Gasteiger partial charge is 0.481 e. The number of carbonyl (C=O) groups is 8. The molecule has 33 nitrogen and oxygen atoms in total. The van der Waals surface area contributed by atoms with Gasteiger partial charge in [-0.25, -0.2) is 9.97 Å². The number of nitrogen functional groups attached to an aromatic ring is 1. The smallest absolute Gasteiger partial charge is 0.303 e. The van der Waals surface area contributed by atoms with E-state index >= 15 is 0 Å². The molecule has 0 unspecified atom stereocenters. The highest BCUT2D eigenvalue weighted by Gasteiger charge is 2.34. The Labute approximate surface area is 479 Å². The molecule has 0 spiro atoms. The Balaban J connectivity index is 1.75. The van der Waals surface area contributed by atoms with Crippen LogP contribution in [-0.4, -0.2) is 235 Å². The lowest BCUT2D eigenvalue weighted by atomic mass is 10.0. The van der Waals surface area contributed by atoms with Crippen LogP contribution < -0.4 is 53.8 Å². The molecule has 0 saturated carbocycles. The minimum absolute atomic E-state index is 0.00690. The quantitative estimate of drug-likeness (QED) is 0.0238. The Bertz CT molecular complexity index is 2700. The first kappa shape index (κ1) is 70.0. The Morgan fingerprint density at radius 3 is 1.57 bits per heavy atom. The highest BCUT2D eigenvalue weighted by atomic mass is 32.1. The maximum atomic E-state index is 14.1. The molecule has 3 rings (SSSR count). The third kappa shape index (κ3) is 23.9. The predicted molar refractivity (Wildman–Crippen MR) is 293 cm³/mol. The fraction of sp³-hybridized carbons (Fsp3) is 0.592. The van der Waals surface area contributed by atoms with Gasteiger partial charge in [-0.05, 0) is 63.8 Å². The Morgan fingerprint density at radius 2 is 1.07 bits per heavy atom. The lowest BCUT2D eigenvalue weighted by Gasteiger charge is -2.27. The summed E-state index contributed by atoms with van der Waals surface area (Å²) in [5, 5.41) is 128. The molecule has 2 heterocycles. The number of aromatic amines is 1. The number of benzene rings is 1. The molecule has 3 aromatic rings. The molecule has 0 radical (unpaired) electrons. The molecule has 0 bridgehead atoms. The Hall–Kier alpha value is -7.25. The van der Waals surface area contributed by atoms with Gasteiger partial charge < -0.3 is 104 Å². The summed E-state index contributed by atoms with van der Waals surface area (Å²) in [4.78, 5) is 133. The number of rotatable bonds is 37. The second-order valence-electron chi connectivity index (χ2n) is 19.4. The lowest BCUT2D eigenvalue weighted by molar-refractivity contribution is -0.139. The summed E-state index contributed by atoms with van der Waals surface area (Å²) in [7, 11) is 0. The van der Waals surface area contributed by atoms with Crippen LogP contribution in [0.3, 0.4) is 0 Å². The molecule has 0 aliphatic carbocycles. The van der Waals surface area contributed by atoms with Gasteiger partial charge in [-0.1, -0.05) is 0 Å². The lowest BCUT2D eigenvalue weighted by Crippen LogP contribution is -2.57. The third-order valence-electron chi connectivity index (χ3n) is 12.5. The van der Waals surface area contributed by atoms with Gasteiger partial charge in [0.1, 0.15) is 54.7 Å². The molecular weight excluding hydrogens is 1120 g/mol. The zero-order chi connectivity index (χ0) is 62.1. The van der Waals surface area contributed by atoms with Crippen molar-refractivity contribution in [2.24, 2.45) is 0 Å². The standard InChI is InChI=1S/C49H75N13O20S/c1-22(55-44(78)24-4-6-25(7-5-24)51-15-26-16-54-43-38(57-26)48(82)62-49(50)61-43)3-11-36(71)58-27(8-12-34(69)52-17-30(65)39(74)41(76)32(67)19-63)46(80)60-29(10-14-37(72)73)47(81)59-28(45(79)56-23(2)21-83)9-13-35(70)53-18-31(66)40(75)42(77)33(68)20-64/h4-7,16,22-23,27-33,39-42,51,63-68,74-77,83H,3,8-15,17-21H2,1-2H3,(H,52,69)(H,53,70)(H,55,78)(H,56,79)(H,58,71)(H,59,81)(H,60,80)(H,72,73)(H3,50,54,61,62,82)/t22-,23-,27+,28+,29+,30+,31+,32-,33-,39-,40-,41-,42-/m1/s1. The van der Waals surface area contributed by atoms with Crippen molar-refractivity contribution < 1.29 is 94.5 Å². The summed E-state index contributed by atoms with van der Waals surface area (Å²) in [6, 6.07) is -0.00591. The normalized spacial score (nSPS) is 16.1. The van der Waals surface area contributed by atoms with Gasteiger partial charge in [0, 0.05) is 67.9 Å². The van der Waals surface area contributed by atoms with Gasteiger partial charge in [-0.15, -0.1) is 0 Å². The molecular formula is C49H75N13O20S. The number of aliphatic hydroxyl groups excluding tert-OH is 10. The molecule has 462 valence electrons. The van der Waals surface area contributed by atoms with E-state index in [1.807, 2.05) is 0 Å². The van der Waals surface area contributed by atoms with Gasteiger partial charge in [-0.3, -0.25) is 48.1 Å². The number of fused-ring (bicyclic) bond motifs is 1. The Kier molecular flexibility index (Phi) is 29.5. The van der Waals surface area contributed by atoms with E-state index in [9.17, 15) is 89.1 Å². The number of nitrogens with one attached hydrogen (secondary N) is 9. The molecule has 7 amide bonds. The number of H-pyrrole nitrogens is 1. The van der Waals surface area contributed by atoms with Crippen LogP contribution in [0.1, 0.15) is 81.3 Å². The van der Waals surface area contributed by atoms with Gasteiger partial charge in [0.05, 0.1) is 43.9 Å². The topological polar surface area (TPSA) is 553 Å². The number of hydrogen-bond acceptors (Lipinski definition) is 25. The van der Waals surface area contributed by atoms with Crippen LogP contribution in [0, 0.1) is 0 Å². The first-order valence-electron chi connectivity index (χ1n) is 26.1. The molecule has 1 aromatic carbocycles. The van der Waals surface area contributed by atoms with Crippen molar-refractivity contribution in [3.63, 3.8) is 0 Å².